The van der Waals surface area contributed by atoms with Gasteiger partial charge in [-0.1, -0.05) is 36.4 Å². The van der Waals surface area contributed by atoms with Crippen molar-refractivity contribution in [3.05, 3.63) is 71.0 Å². The zero-order valence-corrected chi connectivity index (χ0v) is 17.4. The minimum atomic E-state index is -4.38. The largest absolute Gasteiger partial charge is 0.416 e. The first-order valence-corrected chi connectivity index (χ1v) is 11.2. The van der Waals surface area contributed by atoms with E-state index >= 15 is 0 Å². The van der Waals surface area contributed by atoms with E-state index in [0.29, 0.717) is 38.0 Å². The zero-order valence-electron chi connectivity index (χ0n) is 16.6. The molecule has 0 atom stereocenters. The van der Waals surface area contributed by atoms with E-state index in [1.54, 1.807) is 12.1 Å². The molecule has 0 aromatic heterocycles. The highest BCUT2D eigenvalue weighted by Gasteiger charge is 2.32. The van der Waals surface area contributed by atoms with Crippen molar-refractivity contribution in [3.63, 3.8) is 0 Å². The fourth-order valence-electron chi connectivity index (χ4n) is 3.73. The van der Waals surface area contributed by atoms with E-state index in [2.05, 4.69) is 0 Å². The minimum Gasteiger partial charge on any atom is -0.299 e. The van der Waals surface area contributed by atoms with Crippen molar-refractivity contribution in [1.82, 2.24) is 9.21 Å². The molecule has 1 saturated heterocycles. The highest BCUT2D eigenvalue weighted by molar-refractivity contribution is 7.88. The molecule has 0 spiro atoms. The van der Waals surface area contributed by atoms with E-state index in [1.165, 1.54) is 28.6 Å². The van der Waals surface area contributed by atoms with Gasteiger partial charge >= 0.3 is 6.18 Å². The van der Waals surface area contributed by atoms with Gasteiger partial charge in [0.25, 0.3) is 0 Å². The lowest BCUT2D eigenvalue weighted by atomic mass is 10.0. The average molecular weight is 444 g/mol. The van der Waals surface area contributed by atoms with Crippen LogP contribution in [0.1, 0.15) is 29.5 Å². The van der Waals surface area contributed by atoms with E-state index in [-0.39, 0.29) is 17.4 Å². The molecule has 0 radical (unpaired) electrons. The standard InChI is InChI=1S/C21H24F4N2O2S/c1-26(14-16-5-4-7-18(13-16)21(23,24)25)19-9-11-27(12-10-19)30(28,29)15-17-6-2-3-8-20(17)22/h2-8,13,19H,9-12,14-15H2,1H3. The van der Waals surface area contributed by atoms with Crippen LogP contribution in [-0.4, -0.2) is 43.8 Å². The quantitative estimate of drug-likeness (QED) is 0.625. The van der Waals surface area contributed by atoms with Crippen LogP contribution in [0.4, 0.5) is 17.6 Å². The van der Waals surface area contributed by atoms with Crippen LogP contribution >= 0.6 is 0 Å². The Morgan fingerprint density at radius 1 is 1.07 bits per heavy atom. The number of nitrogens with zero attached hydrogens (tertiary/aromatic N) is 2. The summed E-state index contributed by atoms with van der Waals surface area (Å²) in [5.41, 5.74) is 0.0191. The Morgan fingerprint density at radius 3 is 2.37 bits per heavy atom. The lowest BCUT2D eigenvalue weighted by Gasteiger charge is -2.36. The molecule has 0 amide bonds. The minimum absolute atomic E-state index is 0.0551. The highest BCUT2D eigenvalue weighted by atomic mass is 32.2. The van der Waals surface area contributed by atoms with Gasteiger partial charge in [0.05, 0.1) is 11.3 Å². The second kappa shape index (κ2) is 9.03. The first-order chi connectivity index (χ1) is 14.1. The Bertz CT molecular complexity index is 971. The Labute approximate surface area is 174 Å². The third kappa shape index (κ3) is 5.59. The van der Waals surface area contributed by atoms with Crippen molar-refractivity contribution < 1.29 is 26.0 Å². The van der Waals surface area contributed by atoms with Gasteiger partial charge in [0.1, 0.15) is 5.82 Å². The van der Waals surface area contributed by atoms with Crippen LogP contribution < -0.4 is 0 Å². The molecule has 1 aliphatic rings. The molecule has 0 bridgehead atoms. The number of hydrogen-bond donors (Lipinski definition) is 0. The van der Waals surface area contributed by atoms with Crippen LogP contribution in [0, 0.1) is 5.82 Å². The molecule has 4 nitrogen and oxygen atoms in total. The summed E-state index contributed by atoms with van der Waals surface area (Å²) in [5.74, 6) is -0.929. The zero-order chi connectivity index (χ0) is 21.9. The SMILES string of the molecule is CN(Cc1cccc(C(F)(F)F)c1)C1CCN(S(=O)(=O)Cc2ccccc2F)CC1. The van der Waals surface area contributed by atoms with Crippen LogP contribution in [0.5, 0.6) is 0 Å². The van der Waals surface area contributed by atoms with E-state index in [4.69, 9.17) is 0 Å². The lowest BCUT2D eigenvalue weighted by Crippen LogP contribution is -2.45. The number of sulfonamides is 1. The number of piperidine rings is 1. The smallest absolute Gasteiger partial charge is 0.299 e. The molecule has 9 heteroatoms. The monoisotopic (exact) mass is 444 g/mol. The van der Waals surface area contributed by atoms with Gasteiger partial charge in [0.15, 0.2) is 0 Å². The van der Waals surface area contributed by atoms with E-state index < -0.39 is 27.6 Å². The number of alkyl halides is 3. The maximum Gasteiger partial charge on any atom is 0.416 e. The van der Waals surface area contributed by atoms with Crippen LogP contribution in [0.3, 0.4) is 0 Å². The highest BCUT2D eigenvalue weighted by Crippen LogP contribution is 2.30. The van der Waals surface area contributed by atoms with Crippen molar-refractivity contribution in [1.29, 1.82) is 0 Å². The molecular formula is C21H24F4N2O2S. The van der Waals surface area contributed by atoms with Crippen molar-refractivity contribution in [2.45, 2.75) is 37.4 Å². The topological polar surface area (TPSA) is 40.6 Å². The lowest BCUT2D eigenvalue weighted by molar-refractivity contribution is -0.137. The van der Waals surface area contributed by atoms with Gasteiger partial charge in [0.2, 0.25) is 10.0 Å². The molecule has 1 aliphatic heterocycles. The van der Waals surface area contributed by atoms with Gasteiger partial charge < -0.3 is 0 Å². The Morgan fingerprint density at radius 2 is 1.73 bits per heavy atom. The van der Waals surface area contributed by atoms with Gasteiger partial charge in [-0.15, -0.1) is 0 Å². The fourth-order valence-corrected chi connectivity index (χ4v) is 5.30. The Hall–Kier alpha value is -1.97. The normalized spacial score (nSPS) is 16.9. The third-order valence-corrected chi connectivity index (χ3v) is 7.25. The molecule has 3 rings (SSSR count). The average Bonchev–Trinajstić information content (AvgIpc) is 2.69. The molecule has 164 valence electrons. The summed E-state index contributed by atoms with van der Waals surface area (Å²) in [6, 6.07) is 11.1. The maximum absolute atomic E-state index is 13.8. The molecule has 0 aliphatic carbocycles. The summed E-state index contributed by atoms with van der Waals surface area (Å²) in [5, 5.41) is 0. The van der Waals surface area contributed by atoms with Crippen molar-refractivity contribution >= 4 is 10.0 Å². The molecule has 2 aromatic carbocycles. The van der Waals surface area contributed by atoms with Crippen molar-refractivity contribution in [3.8, 4) is 0 Å². The van der Waals surface area contributed by atoms with Gasteiger partial charge in [-0.2, -0.15) is 13.2 Å². The Balaban J connectivity index is 1.58. The predicted molar refractivity (Wildman–Crippen MR) is 107 cm³/mol. The Kier molecular flexibility index (Phi) is 6.84. The van der Waals surface area contributed by atoms with Gasteiger partial charge in [0, 0.05) is 31.2 Å². The first kappa shape index (κ1) is 22.7. The summed E-state index contributed by atoms with van der Waals surface area (Å²) in [6.07, 6.45) is -3.26. The van der Waals surface area contributed by atoms with Gasteiger partial charge in [-0.05, 0) is 37.6 Å². The number of rotatable bonds is 6. The van der Waals surface area contributed by atoms with Crippen molar-refractivity contribution in [2.75, 3.05) is 20.1 Å². The summed E-state index contributed by atoms with van der Waals surface area (Å²) in [7, 11) is -1.81. The molecule has 1 fully saturated rings. The second-order valence-electron chi connectivity index (χ2n) is 7.59. The summed E-state index contributed by atoms with van der Waals surface area (Å²) in [6.45, 7) is 0.944. The van der Waals surface area contributed by atoms with E-state index in [9.17, 15) is 26.0 Å². The number of halogens is 4. The van der Waals surface area contributed by atoms with Crippen LogP contribution in [0.25, 0.3) is 0 Å². The molecule has 0 N–H and O–H groups in total. The third-order valence-electron chi connectivity index (χ3n) is 5.42. The molecule has 0 saturated carbocycles. The van der Waals surface area contributed by atoms with E-state index in [1.807, 2.05) is 11.9 Å². The summed E-state index contributed by atoms with van der Waals surface area (Å²) >= 11 is 0. The predicted octanol–water partition coefficient (Wildman–Crippen LogP) is 4.27. The molecule has 30 heavy (non-hydrogen) atoms. The molecule has 1 heterocycles. The summed E-state index contributed by atoms with van der Waals surface area (Å²) < 4.78 is 79.2. The van der Waals surface area contributed by atoms with Crippen LogP contribution in [0.2, 0.25) is 0 Å². The molecular weight excluding hydrogens is 420 g/mol. The number of hydrogen-bond acceptors (Lipinski definition) is 3. The van der Waals surface area contributed by atoms with Gasteiger partial charge in [-0.3, -0.25) is 4.90 Å². The van der Waals surface area contributed by atoms with Crippen LogP contribution in [0.15, 0.2) is 48.5 Å². The molecule has 0 unspecified atom stereocenters. The first-order valence-electron chi connectivity index (χ1n) is 9.64. The summed E-state index contributed by atoms with van der Waals surface area (Å²) in [4.78, 5) is 1.95. The van der Waals surface area contributed by atoms with Crippen molar-refractivity contribution in [2.24, 2.45) is 0 Å². The maximum atomic E-state index is 13.8. The fraction of sp³-hybridized carbons (Fsp3) is 0.429. The molecule has 2 aromatic rings. The van der Waals surface area contributed by atoms with E-state index in [0.717, 1.165) is 12.1 Å². The van der Waals surface area contributed by atoms with Crippen LogP contribution in [-0.2, 0) is 28.5 Å². The second-order valence-corrected chi connectivity index (χ2v) is 9.56. The number of benzene rings is 2. The van der Waals surface area contributed by atoms with Gasteiger partial charge in [-0.25, -0.2) is 17.1 Å².